The number of pyridine rings is 1. The van der Waals surface area contributed by atoms with Crippen molar-refractivity contribution in [2.45, 2.75) is 6.92 Å². The minimum absolute atomic E-state index is 0.284. The van der Waals surface area contributed by atoms with Crippen LogP contribution in [0.4, 0.5) is 0 Å². The van der Waals surface area contributed by atoms with Gasteiger partial charge in [-0.3, -0.25) is 9.78 Å². The predicted molar refractivity (Wildman–Crippen MR) is 43.6 cm³/mol. The van der Waals surface area contributed by atoms with E-state index >= 15 is 0 Å². The maximum atomic E-state index is 11.1. The second kappa shape index (κ2) is 4.20. The quantitative estimate of drug-likeness (QED) is 0.533. The number of hydrogen-bond acceptors (Lipinski definition) is 4. The molecule has 0 radical (unpaired) electrons. The molecule has 5 heteroatoms. The largest absolute Gasteiger partial charge is 0.363 e. The van der Waals surface area contributed by atoms with Crippen molar-refractivity contribution in [1.82, 2.24) is 10.5 Å². The molecule has 0 aliphatic rings. The number of nitrogens with one attached hydrogen (secondary N) is 1. The zero-order valence-corrected chi connectivity index (χ0v) is 6.98. The standard InChI is InChI=1S/C8H8N2O3/c1-6-4-7(2-3-9-6)8(12)13-10-5-11/h2-5H,1H3,(H,10,11). The fourth-order valence-electron chi connectivity index (χ4n) is 0.809. The van der Waals surface area contributed by atoms with Gasteiger partial charge in [0.25, 0.3) is 0 Å². The summed E-state index contributed by atoms with van der Waals surface area (Å²) < 4.78 is 0. The first-order valence-corrected chi connectivity index (χ1v) is 3.57. The molecule has 0 bridgehead atoms. The lowest BCUT2D eigenvalue weighted by Gasteiger charge is -2.00. The Bertz CT molecular complexity index is 325. The number of aromatic nitrogens is 1. The van der Waals surface area contributed by atoms with Gasteiger partial charge in [-0.25, -0.2) is 4.79 Å². The van der Waals surface area contributed by atoms with Crippen molar-refractivity contribution in [2.75, 3.05) is 0 Å². The fourth-order valence-corrected chi connectivity index (χ4v) is 0.809. The molecule has 1 amide bonds. The topological polar surface area (TPSA) is 68.3 Å². The van der Waals surface area contributed by atoms with Crippen LogP contribution in [0.1, 0.15) is 16.1 Å². The summed E-state index contributed by atoms with van der Waals surface area (Å²) in [5.74, 6) is -0.613. The van der Waals surface area contributed by atoms with Crippen molar-refractivity contribution in [3.8, 4) is 0 Å². The van der Waals surface area contributed by atoms with Gasteiger partial charge in [0, 0.05) is 11.9 Å². The summed E-state index contributed by atoms with van der Waals surface area (Å²) in [4.78, 5) is 29.1. The molecule has 0 spiro atoms. The average Bonchev–Trinajstić information content (AvgIpc) is 2.14. The van der Waals surface area contributed by atoms with Crippen molar-refractivity contribution in [1.29, 1.82) is 0 Å². The van der Waals surface area contributed by atoms with Crippen LogP contribution in [0, 0.1) is 6.92 Å². The van der Waals surface area contributed by atoms with Crippen LogP contribution in [0.5, 0.6) is 0 Å². The van der Waals surface area contributed by atoms with Crippen molar-refractivity contribution in [3.05, 3.63) is 29.6 Å². The first kappa shape index (κ1) is 9.18. The van der Waals surface area contributed by atoms with Gasteiger partial charge in [-0.2, -0.15) is 5.48 Å². The highest BCUT2D eigenvalue weighted by Crippen LogP contribution is 2.01. The van der Waals surface area contributed by atoms with Gasteiger partial charge in [0.05, 0.1) is 5.56 Å². The fraction of sp³-hybridized carbons (Fsp3) is 0.125. The summed E-state index contributed by atoms with van der Waals surface area (Å²) in [7, 11) is 0. The van der Waals surface area contributed by atoms with E-state index in [0.29, 0.717) is 11.3 Å². The van der Waals surface area contributed by atoms with E-state index in [-0.39, 0.29) is 6.41 Å². The highest BCUT2D eigenvalue weighted by Gasteiger charge is 2.06. The molecule has 1 heterocycles. The second-order valence-electron chi connectivity index (χ2n) is 2.31. The second-order valence-corrected chi connectivity index (χ2v) is 2.31. The Morgan fingerprint density at radius 1 is 1.69 bits per heavy atom. The maximum absolute atomic E-state index is 11.1. The summed E-state index contributed by atoms with van der Waals surface area (Å²) in [5, 5.41) is 0. The first-order valence-electron chi connectivity index (χ1n) is 3.57. The van der Waals surface area contributed by atoms with Crippen LogP contribution < -0.4 is 5.48 Å². The molecule has 0 saturated carbocycles. The van der Waals surface area contributed by atoms with E-state index in [1.807, 2.05) is 5.48 Å². The Morgan fingerprint density at radius 3 is 3.08 bits per heavy atom. The van der Waals surface area contributed by atoms with Crippen molar-refractivity contribution >= 4 is 12.4 Å². The molecule has 1 N–H and O–H groups in total. The van der Waals surface area contributed by atoms with E-state index in [0.717, 1.165) is 0 Å². The van der Waals surface area contributed by atoms with E-state index < -0.39 is 5.97 Å². The number of rotatable bonds is 3. The van der Waals surface area contributed by atoms with Crippen LogP contribution >= 0.6 is 0 Å². The van der Waals surface area contributed by atoms with Gasteiger partial charge < -0.3 is 4.84 Å². The van der Waals surface area contributed by atoms with E-state index in [1.54, 1.807) is 13.0 Å². The maximum Gasteiger partial charge on any atom is 0.363 e. The zero-order chi connectivity index (χ0) is 9.68. The van der Waals surface area contributed by atoms with E-state index in [2.05, 4.69) is 9.82 Å². The van der Waals surface area contributed by atoms with E-state index in [1.165, 1.54) is 12.3 Å². The summed E-state index contributed by atoms with van der Waals surface area (Å²) in [5.41, 5.74) is 2.87. The molecule has 68 valence electrons. The third kappa shape index (κ3) is 2.55. The van der Waals surface area contributed by atoms with Gasteiger partial charge >= 0.3 is 5.97 Å². The molecule has 5 nitrogen and oxygen atoms in total. The Morgan fingerprint density at radius 2 is 2.46 bits per heavy atom. The monoisotopic (exact) mass is 180 g/mol. The van der Waals surface area contributed by atoms with Crippen LogP contribution in [0.25, 0.3) is 0 Å². The minimum atomic E-state index is -0.613. The minimum Gasteiger partial charge on any atom is -0.336 e. The molecule has 1 rings (SSSR count). The molecule has 1 aromatic rings. The molecule has 0 aromatic carbocycles. The lowest BCUT2D eigenvalue weighted by molar-refractivity contribution is -0.117. The molecule has 0 aliphatic carbocycles. The van der Waals surface area contributed by atoms with E-state index in [4.69, 9.17) is 0 Å². The molecule has 0 fully saturated rings. The smallest absolute Gasteiger partial charge is 0.336 e. The molecular weight excluding hydrogens is 172 g/mol. The number of carbonyl (C=O) groups excluding carboxylic acids is 2. The molecule has 1 aromatic heterocycles. The average molecular weight is 180 g/mol. The van der Waals surface area contributed by atoms with Gasteiger partial charge in [-0.05, 0) is 19.1 Å². The Balaban J connectivity index is 2.71. The number of carbonyl (C=O) groups is 2. The van der Waals surface area contributed by atoms with Crippen LogP contribution in [0.15, 0.2) is 18.3 Å². The summed E-state index contributed by atoms with van der Waals surface area (Å²) in [6.07, 6.45) is 1.78. The highest BCUT2D eigenvalue weighted by molar-refractivity contribution is 5.89. The molecule has 0 unspecified atom stereocenters. The number of amides is 1. The Kier molecular flexibility index (Phi) is 2.97. The lowest BCUT2D eigenvalue weighted by atomic mass is 10.2. The first-order chi connectivity index (χ1) is 6.24. The van der Waals surface area contributed by atoms with Gasteiger partial charge in [0.2, 0.25) is 6.41 Å². The van der Waals surface area contributed by atoms with Crippen molar-refractivity contribution < 1.29 is 14.4 Å². The van der Waals surface area contributed by atoms with Gasteiger partial charge in [-0.15, -0.1) is 0 Å². The van der Waals surface area contributed by atoms with Gasteiger partial charge in [0.15, 0.2) is 0 Å². The normalized spacial score (nSPS) is 9.00. The Hall–Kier alpha value is -1.91. The third-order valence-electron chi connectivity index (χ3n) is 1.33. The number of nitrogens with zero attached hydrogens (tertiary/aromatic N) is 1. The predicted octanol–water partition coefficient (Wildman–Crippen LogP) is 0.208. The number of aryl methyl sites for hydroxylation is 1. The SMILES string of the molecule is Cc1cc(C(=O)ONC=O)ccn1. The lowest BCUT2D eigenvalue weighted by Crippen LogP contribution is -2.18. The molecule has 0 saturated heterocycles. The third-order valence-corrected chi connectivity index (χ3v) is 1.33. The van der Waals surface area contributed by atoms with Crippen LogP contribution in [0.3, 0.4) is 0 Å². The van der Waals surface area contributed by atoms with Gasteiger partial charge in [-0.1, -0.05) is 0 Å². The highest BCUT2D eigenvalue weighted by atomic mass is 16.7. The number of hydrogen-bond donors (Lipinski definition) is 1. The van der Waals surface area contributed by atoms with Crippen molar-refractivity contribution in [3.63, 3.8) is 0 Å². The number of hydroxylamine groups is 1. The Labute approximate surface area is 74.7 Å². The summed E-state index contributed by atoms with van der Waals surface area (Å²) in [6, 6.07) is 3.07. The zero-order valence-electron chi connectivity index (χ0n) is 6.98. The van der Waals surface area contributed by atoms with Crippen LogP contribution in [-0.2, 0) is 9.63 Å². The van der Waals surface area contributed by atoms with E-state index in [9.17, 15) is 9.59 Å². The summed E-state index contributed by atoms with van der Waals surface area (Å²) >= 11 is 0. The van der Waals surface area contributed by atoms with Crippen LogP contribution in [-0.4, -0.2) is 17.4 Å². The van der Waals surface area contributed by atoms with Crippen molar-refractivity contribution in [2.24, 2.45) is 0 Å². The molecule has 0 aliphatic heterocycles. The molecule has 13 heavy (non-hydrogen) atoms. The van der Waals surface area contributed by atoms with Gasteiger partial charge in [0.1, 0.15) is 0 Å². The summed E-state index contributed by atoms with van der Waals surface area (Å²) in [6.45, 7) is 1.75. The molecular formula is C8H8N2O3. The van der Waals surface area contributed by atoms with Crippen LogP contribution in [0.2, 0.25) is 0 Å². The molecule has 0 atom stereocenters.